The SMILES string of the molecule is C=C1C[C@@H]2[C@@H](CC[C@@H](C[C@@H](C)CCCC)O[Si](C)(C)C(C)(C)C)[C@H](O[Si](C)(C)C(C)(C)C)C[C@@H]2C1OP(=O)(OCC)OCC. The van der Waals surface area contributed by atoms with Crippen LogP contribution >= 0.6 is 7.82 Å². The van der Waals surface area contributed by atoms with Gasteiger partial charge in [-0.25, -0.2) is 4.57 Å². The third-order valence-corrected chi connectivity index (χ3v) is 21.9. The summed E-state index contributed by atoms with van der Waals surface area (Å²) in [5.41, 5.74) is 1.01. The number of phosphoric acid groups is 1. The molecule has 0 bridgehead atoms. The summed E-state index contributed by atoms with van der Waals surface area (Å²) in [6, 6.07) is 0. The fourth-order valence-electron chi connectivity index (χ4n) is 6.70. The lowest BCUT2D eigenvalue weighted by atomic mass is 9.85. The van der Waals surface area contributed by atoms with E-state index in [-0.39, 0.29) is 47.5 Å². The highest BCUT2D eigenvalue weighted by Crippen LogP contribution is 2.60. The molecule has 0 aromatic carbocycles. The zero-order valence-electron chi connectivity index (χ0n) is 31.2. The van der Waals surface area contributed by atoms with Gasteiger partial charge in [-0.1, -0.05) is 81.2 Å². The number of rotatable bonds is 18. The van der Waals surface area contributed by atoms with E-state index in [2.05, 4.69) is 88.2 Å². The number of hydrogen-bond donors (Lipinski definition) is 0. The summed E-state index contributed by atoms with van der Waals surface area (Å²) >= 11 is 0. The molecule has 0 radical (unpaired) electrons. The van der Waals surface area contributed by atoms with Crippen LogP contribution in [0, 0.1) is 23.7 Å². The van der Waals surface area contributed by atoms with Gasteiger partial charge in [0.25, 0.3) is 0 Å². The summed E-state index contributed by atoms with van der Waals surface area (Å²) < 4.78 is 45.3. The molecular formula is C35H71O6PSi2. The van der Waals surface area contributed by atoms with Gasteiger partial charge in [-0.15, -0.1) is 0 Å². The van der Waals surface area contributed by atoms with Gasteiger partial charge in [-0.05, 0) is 111 Å². The predicted octanol–water partition coefficient (Wildman–Crippen LogP) is 11.5. The van der Waals surface area contributed by atoms with Crippen molar-refractivity contribution in [3.05, 3.63) is 12.2 Å². The third kappa shape index (κ3) is 10.6. The number of phosphoric ester groups is 1. The maximum Gasteiger partial charge on any atom is 0.475 e. The second-order valence-electron chi connectivity index (χ2n) is 16.9. The molecule has 1 unspecified atom stereocenters. The van der Waals surface area contributed by atoms with Gasteiger partial charge in [0.15, 0.2) is 16.6 Å². The quantitative estimate of drug-likeness (QED) is 0.0819. The monoisotopic (exact) mass is 674 g/mol. The predicted molar refractivity (Wildman–Crippen MR) is 191 cm³/mol. The number of hydrogen-bond acceptors (Lipinski definition) is 6. The standard InChI is InChI=1S/C35H71O6PSi2/c1-16-19-20-26(4)23-28(40-43(12,13)34(6,7)8)21-22-29-30-24-27(5)33(39-42(36,37-17-2)38-18-3)31(30)25-32(29)41-44(14,15)35(9,10)11/h26,28-33H,5,16-25H2,1-4,6-15H3/t26-,28-,29+,30+,31-,32+,33?/m0/s1. The van der Waals surface area contributed by atoms with Crippen molar-refractivity contribution in [1.29, 1.82) is 0 Å². The number of fused-ring (bicyclic) bond motifs is 1. The zero-order chi connectivity index (χ0) is 33.7. The van der Waals surface area contributed by atoms with Crippen LogP contribution in [0.5, 0.6) is 0 Å². The van der Waals surface area contributed by atoms with Crippen LogP contribution in [0.3, 0.4) is 0 Å². The maximum atomic E-state index is 13.5. The molecule has 9 heteroatoms. The van der Waals surface area contributed by atoms with Crippen molar-refractivity contribution in [1.82, 2.24) is 0 Å². The average molecular weight is 675 g/mol. The summed E-state index contributed by atoms with van der Waals surface area (Å²) in [6.07, 6.45) is 8.83. The molecule has 2 rings (SSSR count). The van der Waals surface area contributed by atoms with E-state index in [9.17, 15) is 4.57 Å². The summed E-state index contributed by atoms with van der Waals surface area (Å²) in [5, 5.41) is 0.296. The molecule has 2 fully saturated rings. The molecule has 0 saturated heterocycles. The highest BCUT2D eigenvalue weighted by molar-refractivity contribution is 7.48. The normalized spacial score (nSPS) is 26.7. The van der Waals surface area contributed by atoms with Crippen LogP contribution in [0.4, 0.5) is 0 Å². The van der Waals surface area contributed by atoms with Crippen LogP contribution in [0.25, 0.3) is 0 Å². The van der Waals surface area contributed by atoms with Crippen molar-refractivity contribution in [2.45, 2.75) is 175 Å². The zero-order valence-corrected chi connectivity index (χ0v) is 34.1. The second-order valence-corrected chi connectivity index (χ2v) is 28.0. The van der Waals surface area contributed by atoms with E-state index >= 15 is 0 Å². The molecule has 0 heterocycles. The minimum Gasteiger partial charge on any atom is -0.414 e. The van der Waals surface area contributed by atoms with Crippen molar-refractivity contribution >= 4 is 24.5 Å². The van der Waals surface area contributed by atoms with Crippen LogP contribution in [0.1, 0.15) is 121 Å². The Morgan fingerprint density at radius 2 is 1.48 bits per heavy atom. The minimum absolute atomic E-state index is 0.122. The lowest BCUT2D eigenvalue weighted by Crippen LogP contribution is -2.46. The Morgan fingerprint density at radius 1 is 0.909 bits per heavy atom. The van der Waals surface area contributed by atoms with Gasteiger partial charge in [0.05, 0.1) is 19.3 Å². The molecule has 6 nitrogen and oxygen atoms in total. The lowest BCUT2D eigenvalue weighted by molar-refractivity contribution is 0.0734. The van der Waals surface area contributed by atoms with E-state index < -0.39 is 24.5 Å². The van der Waals surface area contributed by atoms with Crippen LogP contribution in [-0.2, 0) is 27.0 Å². The van der Waals surface area contributed by atoms with Gasteiger partial charge in [0, 0.05) is 12.2 Å². The Kier molecular flexibility index (Phi) is 14.7. The summed E-state index contributed by atoms with van der Waals surface area (Å²) in [7, 11) is -7.62. The Labute approximate surface area is 275 Å². The van der Waals surface area contributed by atoms with Gasteiger partial charge in [0.1, 0.15) is 0 Å². The first-order valence-electron chi connectivity index (χ1n) is 17.7. The van der Waals surface area contributed by atoms with Crippen molar-refractivity contribution in [3.8, 4) is 0 Å². The van der Waals surface area contributed by atoms with Crippen LogP contribution < -0.4 is 0 Å². The molecule has 2 aliphatic carbocycles. The van der Waals surface area contributed by atoms with Crippen LogP contribution in [0.15, 0.2) is 12.2 Å². The van der Waals surface area contributed by atoms with Gasteiger partial charge in [-0.3, -0.25) is 13.6 Å². The van der Waals surface area contributed by atoms with Crippen molar-refractivity contribution in [3.63, 3.8) is 0 Å². The molecule has 44 heavy (non-hydrogen) atoms. The molecule has 0 spiro atoms. The Bertz CT molecular complexity index is 946. The molecule has 0 aliphatic heterocycles. The van der Waals surface area contributed by atoms with Crippen molar-refractivity contribution < 1.29 is 27.0 Å². The fourth-order valence-corrected chi connectivity index (χ4v) is 10.9. The molecule has 2 aliphatic rings. The molecule has 2 saturated carbocycles. The van der Waals surface area contributed by atoms with E-state index in [0.717, 1.165) is 37.7 Å². The van der Waals surface area contributed by atoms with E-state index in [4.69, 9.17) is 22.4 Å². The molecule has 260 valence electrons. The van der Waals surface area contributed by atoms with Gasteiger partial charge in [-0.2, -0.15) is 0 Å². The Morgan fingerprint density at radius 3 is 1.98 bits per heavy atom. The highest BCUT2D eigenvalue weighted by Gasteiger charge is 2.55. The first-order chi connectivity index (χ1) is 20.1. The van der Waals surface area contributed by atoms with Crippen LogP contribution in [0.2, 0.25) is 36.3 Å². The molecular weight excluding hydrogens is 604 g/mol. The van der Waals surface area contributed by atoms with Gasteiger partial charge >= 0.3 is 7.82 Å². The first kappa shape index (κ1) is 40.4. The van der Waals surface area contributed by atoms with E-state index in [1.54, 1.807) is 0 Å². The topological polar surface area (TPSA) is 63.2 Å². The van der Waals surface area contributed by atoms with E-state index in [1.165, 1.54) is 19.3 Å². The fraction of sp³-hybridized carbons (Fsp3) is 0.943. The largest absolute Gasteiger partial charge is 0.475 e. The smallest absolute Gasteiger partial charge is 0.414 e. The second kappa shape index (κ2) is 16.1. The molecule has 0 aromatic rings. The lowest BCUT2D eigenvalue weighted by Gasteiger charge is -2.42. The molecule has 0 aromatic heterocycles. The van der Waals surface area contributed by atoms with Gasteiger partial charge in [0.2, 0.25) is 0 Å². The summed E-state index contributed by atoms with van der Waals surface area (Å²) in [5.74, 6) is 1.61. The van der Waals surface area contributed by atoms with Crippen molar-refractivity contribution in [2.75, 3.05) is 13.2 Å². The summed E-state index contributed by atoms with van der Waals surface area (Å²) in [4.78, 5) is 0. The average Bonchev–Trinajstić information content (AvgIpc) is 3.33. The van der Waals surface area contributed by atoms with Gasteiger partial charge < -0.3 is 8.85 Å². The van der Waals surface area contributed by atoms with Crippen molar-refractivity contribution in [2.24, 2.45) is 23.7 Å². The Hall–Kier alpha value is 0.204. The number of unbranched alkanes of at least 4 members (excludes halogenated alkanes) is 1. The molecule has 0 amide bonds. The maximum absolute atomic E-state index is 13.5. The molecule has 0 N–H and O–H groups in total. The van der Waals surface area contributed by atoms with E-state index in [1.807, 2.05) is 13.8 Å². The summed E-state index contributed by atoms with van der Waals surface area (Å²) in [6.45, 7) is 36.8. The highest BCUT2D eigenvalue weighted by atomic mass is 31.2. The van der Waals surface area contributed by atoms with E-state index in [0.29, 0.717) is 17.8 Å². The minimum atomic E-state index is -3.67. The molecule has 7 atom stereocenters. The third-order valence-electron chi connectivity index (χ3n) is 11.2. The van der Waals surface area contributed by atoms with Crippen LogP contribution in [-0.4, -0.2) is 48.2 Å². The Balaban J connectivity index is 2.38. The first-order valence-corrected chi connectivity index (χ1v) is 25.0.